The van der Waals surface area contributed by atoms with Crippen molar-refractivity contribution in [2.24, 2.45) is 5.92 Å². The molecule has 1 aromatic rings. The summed E-state index contributed by atoms with van der Waals surface area (Å²) < 4.78 is 0. The van der Waals surface area contributed by atoms with Gasteiger partial charge >= 0.3 is 0 Å². The number of carbonyl (C=O) groups excluding carboxylic acids is 2. The van der Waals surface area contributed by atoms with Gasteiger partial charge in [0.2, 0.25) is 11.8 Å². The lowest BCUT2D eigenvalue weighted by molar-refractivity contribution is -0.141. The molecule has 4 rings (SSSR count). The lowest BCUT2D eigenvalue weighted by Crippen LogP contribution is -2.59. The normalized spacial score (nSPS) is 23.0. The lowest BCUT2D eigenvalue weighted by atomic mass is 9.93. The molecule has 31 heavy (non-hydrogen) atoms. The van der Waals surface area contributed by atoms with Crippen LogP contribution in [0.5, 0.6) is 0 Å². The Kier molecular flexibility index (Phi) is 7.94. The number of piperazine rings is 1. The summed E-state index contributed by atoms with van der Waals surface area (Å²) in [6.07, 6.45) is 5.66. The predicted octanol–water partition coefficient (Wildman–Crippen LogP) is 3.46. The fourth-order valence-corrected chi connectivity index (χ4v) is 6.48. The Morgan fingerprint density at radius 3 is 2.13 bits per heavy atom. The molecule has 2 saturated heterocycles. The van der Waals surface area contributed by atoms with Crippen molar-refractivity contribution in [3.05, 3.63) is 35.9 Å². The molecule has 1 saturated carbocycles. The van der Waals surface area contributed by atoms with E-state index in [0.717, 1.165) is 62.8 Å². The van der Waals surface area contributed by atoms with E-state index in [9.17, 15) is 9.59 Å². The SMILES string of the molecule is CC[C@@H](C(=O)N1CCN([C@H](C(=O)N2CCSCC2)C2CCCC2)CC1)c1ccccc1. The Balaban J connectivity index is 1.41. The lowest BCUT2D eigenvalue weighted by Gasteiger charge is -2.43. The van der Waals surface area contributed by atoms with E-state index in [1.807, 2.05) is 34.9 Å². The van der Waals surface area contributed by atoms with Gasteiger partial charge in [-0.3, -0.25) is 14.5 Å². The van der Waals surface area contributed by atoms with Crippen molar-refractivity contribution in [2.45, 2.75) is 51.0 Å². The maximum absolute atomic E-state index is 13.5. The van der Waals surface area contributed by atoms with Gasteiger partial charge in [0.1, 0.15) is 0 Å². The summed E-state index contributed by atoms with van der Waals surface area (Å²) in [4.78, 5) is 33.4. The second kappa shape index (κ2) is 10.9. The summed E-state index contributed by atoms with van der Waals surface area (Å²) in [5.41, 5.74) is 1.11. The van der Waals surface area contributed by atoms with Crippen molar-refractivity contribution in [1.82, 2.24) is 14.7 Å². The van der Waals surface area contributed by atoms with Crippen molar-refractivity contribution in [2.75, 3.05) is 50.8 Å². The van der Waals surface area contributed by atoms with E-state index in [0.29, 0.717) is 11.8 Å². The van der Waals surface area contributed by atoms with Crippen LogP contribution in [0.2, 0.25) is 0 Å². The van der Waals surface area contributed by atoms with E-state index in [4.69, 9.17) is 0 Å². The molecule has 1 aromatic carbocycles. The molecule has 3 fully saturated rings. The molecule has 2 amide bonds. The van der Waals surface area contributed by atoms with Gasteiger partial charge in [-0.05, 0) is 30.7 Å². The monoisotopic (exact) mass is 443 g/mol. The van der Waals surface area contributed by atoms with Gasteiger partial charge in [-0.2, -0.15) is 11.8 Å². The molecular formula is C25H37N3O2S. The Morgan fingerprint density at radius 2 is 1.52 bits per heavy atom. The average Bonchev–Trinajstić information content (AvgIpc) is 3.36. The largest absolute Gasteiger partial charge is 0.340 e. The number of nitrogens with zero attached hydrogens (tertiary/aromatic N) is 3. The molecule has 1 aliphatic carbocycles. The summed E-state index contributed by atoms with van der Waals surface area (Å²) in [7, 11) is 0. The van der Waals surface area contributed by atoms with Crippen molar-refractivity contribution in [3.8, 4) is 0 Å². The number of benzene rings is 1. The average molecular weight is 444 g/mol. The first-order valence-corrected chi connectivity index (χ1v) is 13.3. The van der Waals surface area contributed by atoms with Crippen LogP contribution in [-0.2, 0) is 9.59 Å². The Hall–Kier alpha value is -1.53. The fraction of sp³-hybridized carbons (Fsp3) is 0.680. The summed E-state index contributed by atoms with van der Waals surface area (Å²) in [6, 6.07) is 10.2. The van der Waals surface area contributed by atoms with E-state index >= 15 is 0 Å². The van der Waals surface area contributed by atoms with Crippen LogP contribution < -0.4 is 0 Å². The maximum Gasteiger partial charge on any atom is 0.240 e. The smallest absolute Gasteiger partial charge is 0.240 e. The minimum atomic E-state index is -0.0640. The van der Waals surface area contributed by atoms with Crippen LogP contribution in [0, 0.1) is 5.92 Å². The van der Waals surface area contributed by atoms with Crippen LogP contribution in [0.15, 0.2) is 30.3 Å². The molecule has 2 heterocycles. The third-order valence-electron chi connectivity index (χ3n) is 7.35. The van der Waals surface area contributed by atoms with Crippen LogP contribution in [0.25, 0.3) is 0 Å². The Labute approximate surface area is 191 Å². The molecule has 0 bridgehead atoms. The minimum Gasteiger partial charge on any atom is -0.340 e. The second-order valence-corrected chi connectivity index (χ2v) is 10.4. The van der Waals surface area contributed by atoms with Gasteiger partial charge in [0, 0.05) is 50.8 Å². The molecule has 0 aromatic heterocycles. The highest BCUT2D eigenvalue weighted by molar-refractivity contribution is 7.99. The fourth-order valence-electron chi connectivity index (χ4n) is 5.58. The zero-order valence-electron chi connectivity index (χ0n) is 18.9. The summed E-state index contributed by atoms with van der Waals surface area (Å²) in [6.45, 7) is 6.96. The van der Waals surface area contributed by atoms with Crippen LogP contribution in [0.3, 0.4) is 0 Å². The maximum atomic E-state index is 13.5. The number of hydrogen-bond donors (Lipinski definition) is 0. The van der Waals surface area contributed by atoms with E-state index in [-0.39, 0.29) is 17.9 Å². The second-order valence-electron chi connectivity index (χ2n) is 9.16. The van der Waals surface area contributed by atoms with Gasteiger partial charge in [0.15, 0.2) is 0 Å². The Morgan fingerprint density at radius 1 is 0.903 bits per heavy atom. The molecule has 0 radical (unpaired) electrons. The zero-order valence-corrected chi connectivity index (χ0v) is 19.7. The number of rotatable bonds is 6. The quantitative estimate of drug-likeness (QED) is 0.675. The van der Waals surface area contributed by atoms with E-state index in [2.05, 4.69) is 28.9 Å². The van der Waals surface area contributed by atoms with Gasteiger partial charge in [-0.25, -0.2) is 0 Å². The van der Waals surface area contributed by atoms with Crippen molar-refractivity contribution < 1.29 is 9.59 Å². The van der Waals surface area contributed by atoms with E-state index in [1.165, 1.54) is 25.7 Å². The molecule has 0 unspecified atom stereocenters. The standard InChI is InChI=1S/C25H37N3O2S/c1-2-22(20-8-4-3-5-9-20)24(29)27-14-12-26(13-15-27)23(21-10-6-7-11-21)25(30)28-16-18-31-19-17-28/h3-5,8-9,21-23H,2,6-7,10-19H2,1H3/t22-,23+/m1/s1. The van der Waals surface area contributed by atoms with Gasteiger partial charge in [0.25, 0.3) is 0 Å². The van der Waals surface area contributed by atoms with Crippen molar-refractivity contribution in [3.63, 3.8) is 0 Å². The highest BCUT2D eigenvalue weighted by Crippen LogP contribution is 2.33. The topological polar surface area (TPSA) is 43.9 Å². The molecule has 5 nitrogen and oxygen atoms in total. The van der Waals surface area contributed by atoms with E-state index in [1.54, 1.807) is 0 Å². The third-order valence-corrected chi connectivity index (χ3v) is 8.29. The van der Waals surface area contributed by atoms with Crippen LogP contribution in [0.4, 0.5) is 0 Å². The first kappa shape index (κ1) is 22.7. The molecule has 0 spiro atoms. The van der Waals surface area contributed by atoms with Crippen LogP contribution in [-0.4, -0.2) is 83.3 Å². The Bertz CT molecular complexity index is 724. The minimum absolute atomic E-state index is 0.0129. The number of amides is 2. The molecule has 6 heteroatoms. The number of carbonyl (C=O) groups is 2. The molecule has 0 N–H and O–H groups in total. The molecule has 3 aliphatic rings. The van der Waals surface area contributed by atoms with Gasteiger partial charge in [-0.1, -0.05) is 50.1 Å². The molecule has 170 valence electrons. The first-order valence-electron chi connectivity index (χ1n) is 12.1. The highest BCUT2D eigenvalue weighted by Gasteiger charge is 2.40. The van der Waals surface area contributed by atoms with Crippen molar-refractivity contribution in [1.29, 1.82) is 0 Å². The van der Waals surface area contributed by atoms with Gasteiger partial charge in [0.05, 0.1) is 12.0 Å². The third kappa shape index (κ3) is 5.28. The summed E-state index contributed by atoms with van der Waals surface area (Å²) in [5.74, 6) is 3.13. The zero-order chi connectivity index (χ0) is 21.6. The van der Waals surface area contributed by atoms with E-state index < -0.39 is 0 Å². The highest BCUT2D eigenvalue weighted by atomic mass is 32.2. The molecule has 2 atom stereocenters. The summed E-state index contributed by atoms with van der Waals surface area (Å²) in [5, 5.41) is 0. The summed E-state index contributed by atoms with van der Waals surface area (Å²) >= 11 is 1.95. The number of thioether (sulfide) groups is 1. The van der Waals surface area contributed by atoms with Crippen LogP contribution >= 0.6 is 11.8 Å². The van der Waals surface area contributed by atoms with Crippen LogP contribution in [0.1, 0.15) is 50.5 Å². The first-order chi connectivity index (χ1) is 15.2. The molecular weight excluding hydrogens is 406 g/mol. The van der Waals surface area contributed by atoms with Gasteiger partial charge < -0.3 is 9.80 Å². The van der Waals surface area contributed by atoms with Gasteiger partial charge in [-0.15, -0.1) is 0 Å². The van der Waals surface area contributed by atoms with Crippen molar-refractivity contribution >= 4 is 23.6 Å². The predicted molar refractivity (Wildman–Crippen MR) is 127 cm³/mol. The molecule has 2 aliphatic heterocycles. The number of hydrogen-bond acceptors (Lipinski definition) is 4.